The van der Waals surface area contributed by atoms with Crippen LogP contribution in [0.15, 0.2) is 35.3 Å². The molecular weight excluding hydrogens is 254 g/mol. The summed E-state index contributed by atoms with van der Waals surface area (Å²) in [5, 5.41) is 5.37. The van der Waals surface area contributed by atoms with Crippen LogP contribution in [-0.4, -0.2) is 26.3 Å². The maximum Gasteiger partial charge on any atom is 0.252 e. The number of aromatic nitrogens is 4. The first-order valence-electron chi connectivity index (χ1n) is 6.43. The van der Waals surface area contributed by atoms with Crippen LogP contribution in [-0.2, 0) is 6.42 Å². The predicted octanol–water partition coefficient (Wildman–Crippen LogP) is 0.918. The lowest BCUT2D eigenvalue weighted by Gasteiger charge is -2.02. The van der Waals surface area contributed by atoms with Crippen molar-refractivity contribution in [3.8, 4) is 5.82 Å². The lowest BCUT2D eigenvalue weighted by atomic mass is 10.1. The van der Waals surface area contributed by atoms with Gasteiger partial charge in [0.1, 0.15) is 5.65 Å². The first kappa shape index (κ1) is 12.6. The summed E-state index contributed by atoms with van der Waals surface area (Å²) in [4.78, 5) is 19.2. The van der Waals surface area contributed by atoms with Crippen molar-refractivity contribution in [2.75, 3.05) is 6.54 Å². The zero-order chi connectivity index (χ0) is 14.1. The Morgan fingerprint density at radius 3 is 2.95 bits per heavy atom. The zero-order valence-corrected chi connectivity index (χ0v) is 11.1. The predicted molar refractivity (Wildman–Crippen MR) is 77.0 cm³/mol. The van der Waals surface area contributed by atoms with Gasteiger partial charge in [-0.25, -0.2) is 4.98 Å². The van der Waals surface area contributed by atoms with Gasteiger partial charge < -0.3 is 10.7 Å². The summed E-state index contributed by atoms with van der Waals surface area (Å²) in [6.45, 7) is 2.36. The Hall–Kier alpha value is -2.47. The molecule has 0 saturated carbocycles. The number of H-pyrrole nitrogens is 1. The molecule has 3 heterocycles. The number of pyridine rings is 2. The number of nitrogens with zero attached hydrogens (tertiary/aromatic N) is 3. The standard InChI is InChI=1S/C14H15N5O/c1-9-11-8-10(5-6-15)14(20)17-13(11)19(18-9)12-4-2-3-7-16-12/h2-4,7-8H,5-6,15H2,1H3,(H,17,20). The van der Waals surface area contributed by atoms with Gasteiger partial charge >= 0.3 is 0 Å². The van der Waals surface area contributed by atoms with E-state index < -0.39 is 0 Å². The van der Waals surface area contributed by atoms with Crippen LogP contribution < -0.4 is 11.3 Å². The molecule has 0 aromatic carbocycles. The molecular formula is C14H15N5O. The summed E-state index contributed by atoms with van der Waals surface area (Å²) in [6, 6.07) is 7.43. The van der Waals surface area contributed by atoms with E-state index in [9.17, 15) is 4.79 Å². The molecule has 3 rings (SSSR count). The van der Waals surface area contributed by atoms with Gasteiger partial charge in [0, 0.05) is 17.1 Å². The van der Waals surface area contributed by atoms with Crippen LogP contribution in [0.2, 0.25) is 0 Å². The van der Waals surface area contributed by atoms with E-state index in [2.05, 4.69) is 15.1 Å². The largest absolute Gasteiger partial charge is 0.330 e. The second-order valence-corrected chi connectivity index (χ2v) is 4.61. The van der Waals surface area contributed by atoms with Gasteiger partial charge in [-0.1, -0.05) is 6.07 Å². The number of fused-ring (bicyclic) bond motifs is 1. The molecule has 0 unspecified atom stereocenters. The molecule has 0 aliphatic rings. The summed E-state index contributed by atoms with van der Waals surface area (Å²) in [6.07, 6.45) is 2.25. The number of rotatable bonds is 3. The molecule has 0 aliphatic carbocycles. The van der Waals surface area contributed by atoms with Gasteiger partial charge in [0.15, 0.2) is 5.82 Å². The molecule has 0 radical (unpaired) electrons. The molecule has 0 atom stereocenters. The van der Waals surface area contributed by atoms with Gasteiger partial charge in [-0.05, 0) is 38.1 Å². The molecule has 0 saturated heterocycles. The average molecular weight is 269 g/mol. The van der Waals surface area contributed by atoms with E-state index in [-0.39, 0.29) is 5.56 Å². The average Bonchev–Trinajstić information content (AvgIpc) is 2.77. The van der Waals surface area contributed by atoms with Crippen molar-refractivity contribution in [1.29, 1.82) is 0 Å². The lowest BCUT2D eigenvalue weighted by Crippen LogP contribution is -2.17. The van der Waals surface area contributed by atoms with Crippen LogP contribution in [0.1, 0.15) is 11.3 Å². The van der Waals surface area contributed by atoms with Crippen molar-refractivity contribution in [3.63, 3.8) is 0 Å². The van der Waals surface area contributed by atoms with Crippen molar-refractivity contribution in [3.05, 3.63) is 52.1 Å². The van der Waals surface area contributed by atoms with E-state index in [1.165, 1.54) is 0 Å². The molecule has 3 aromatic rings. The molecule has 0 fully saturated rings. The van der Waals surface area contributed by atoms with Crippen molar-refractivity contribution in [1.82, 2.24) is 19.7 Å². The Labute approximate surface area is 115 Å². The van der Waals surface area contributed by atoms with E-state index in [0.29, 0.717) is 30.0 Å². The second-order valence-electron chi connectivity index (χ2n) is 4.61. The Morgan fingerprint density at radius 2 is 2.25 bits per heavy atom. The molecule has 0 spiro atoms. The molecule has 0 bridgehead atoms. The summed E-state index contributed by atoms with van der Waals surface area (Å²) >= 11 is 0. The number of aryl methyl sites for hydroxylation is 1. The SMILES string of the molecule is Cc1nn(-c2ccccn2)c2[nH]c(=O)c(CCN)cc12. The summed E-state index contributed by atoms with van der Waals surface area (Å²) < 4.78 is 1.65. The van der Waals surface area contributed by atoms with Gasteiger partial charge in [0.25, 0.3) is 5.56 Å². The topological polar surface area (TPSA) is 89.6 Å². The number of hydrogen-bond acceptors (Lipinski definition) is 4. The minimum atomic E-state index is -0.125. The van der Waals surface area contributed by atoms with Gasteiger partial charge in [0.2, 0.25) is 0 Å². The van der Waals surface area contributed by atoms with E-state index in [1.807, 2.05) is 31.2 Å². The van der Waals surface area contributed by atoms with E-state index in [4.69, 9.17) is 5.73 Å². The van der Waals surface area contributed by atoms with Crippen molar-refractivity contribution in [2.45, 2.75) is 13.3 Å². The quantitative estimate of drug-likeness (QED) is 0.739. The van der Waals surface area contributed by atoms with Gasteiger partial charge in [-0.15, -0.1) is 0 Å². The number of hydrogen-bond donors (Lipinski definition) is 2. The van der Waals surface area contributed by atoms with E-state index in [1.54, 1.807) is 10.9 Å². The first-order valence-corrected chi connectivity index (χ1v) is 6.43. The molecule has 20 heavy (non-hydrogen) atoms. The number of aromatic amines is 1. The van der Waals surface area contributed by atoms with Gasteiger partial charge in [0.05, 0.1) is 5.69 Å². The zero-order valence-electron chi connectivity index (χ0n) is 11.1. The fourth-order valence-electron chi connectivity index (χ4n) is 2.25. The molecule has 0 amide bonds. The number of nitrogens with one attached hydrogen (secondary N) is 1. The fourth-order valence-corrected chi connectivity index (χ4v) is 2.25. The molecule has 3 N–H and O–H groups in total. The smallest absolute Gasteiger partial charge is 0.252 e. The summed E-state index contributed by atoms with van der Waals surface area (Å²) in [7, 11) is 0. The van der Waals surface area contributed by atoms with Crippen LogP contribution in [0.3, 0.4) is 0 Å². The molecule has 6 nitrogen and oxygen atoms in total. The van der Waals surface area contributed by atoms with Crippen LogP contribution in [0.4, 0.5) is 0 Å². The van der Waals surface area contributed by atoms with Crippen molar-refractivity contribution < 1.29 is 0 Å². The maximum atomic E-state index is 12.0. The van der Waals surface area contributed by atoms with Gasteiger partial charge in [-0.3, -0.25) is 4.79 Å². The Kier molecular flexibility index (Phi) is 3.08. The van der Waals surface area contributed by atoms with Crippen LogP contribution in [0, 0.1) is 6.92 Å². The third kappa shape index (κ3) is 2.00. The van der Waals surface area contributed by atoms with E-state index in [0.717, 1.165) is 11.1 Å². The highest BCUT2D eigenvalue weighted by Crippen LogP contribution is 2.18. The monoisotopic (exact) mass is 269 g/mol. The highest BCUT2D eigenvalue weighted by molar-refractivity contribution is 5.79. The minimum Gasteiger partial charge on any atom is -0.330 e. The van der Waals surface area contributed by atoms with Crippen LogP contribution in [0.5, 0.6) is 0 Å². The maximum absolute atomic E-state index is 12.0. The number of nitrogens with two attached hydrogens (primary N) is 1. The first-order chi connectivity index (χ1) is 9.70. The molecule has 0 aliphatic heterocycles. The van der Waals surface area contributed by atoms with Gasteiger partial charge in [-0.2, -0.15) is 9.78 Å². The molecule has 6 heteroatoms. The Bertz CT molecular complexity index is 804. The second kappa shape index (κ2) is 4.90. The minimum absolute atomic E-state index is 0.125. The summed E-state index contributed by atoms with van der Waals surface area (Å²) in [5.41, 5.74) is 7.59. The molecule has 102 valence electrons. The normalized spacial score (nSPS) is 11.1. The highest BCUT2D eigenvalue weighted by Gasteiger charge is 2.12. The van der Waals surface area contributed by atoms with Crippen LogP contribution in [0.25, 0.3) is 16.9 Å². The van der Waals surface area contributed by atoms with Crippen LogP contribution >= 0.6 is 0 Å². The molecule has 3 aromatic heterocycles. The van der Waals surface area contributed by atoms with Crippen molar-refractivity contribution >= 4 is 11.0 Å². The fraction of sp³-hybridized carbons (Fsp3) is 0.214. The van der Waals surface area contributed by atoms with E-state index >= 15 is 0 Å². The Morgan fingerprint density at radius 1 is 1.40 bits per heavy atom. The Balaban J connectivity index is 2.27. The summed E-state index contributed by atoms with van der Waals surface area (Å²) in [5.74, 6) is 0.674. The lowest BCUT2D eigenvalue weighted by molar-refractivity contribution is 0.844. The van der Waals surface area contributed by atoms with Crippen molar-refractivity contribution in [2.24, 2.45) is 5.73 Å². The third-order valence-corrected chi connectivity index (χ3v) is 3.23. The third-order valence-electron chi connectivity index (χ3n) is 3.23. The highest BCUT2D eigenvalue weighted by atomic mass is 16.1.